The van der Waals surface area contributed by atoms with Crippen LogP contribution in [0.1, 0.15) is 18.9 Å². The highest BCUT2D eigenvalue weighted by Crippen LogP contribution is 2.33. The van der Waals surface area contributed by atoms with Crippen molar-refractivity contribution in [2.24, 2.45) is 0 Å². The number of halogens is 1. The van der Waals surface area contributed by atoms with Crippen LogP contribution in [-0.2, 0) is 11.2 Å². The number of para-hydroxylation sites is 1. The first-order valence-electron chi connectivity index (χ1n) is 11.3. The molecular weight excluding hydrogens is 425 g/mol. The van der Waals surface area contributed by atoms with Crippen LogP contribution in [0.3, 0.4) is 0 Å². The van der Waals surface area contributed by atoms with Gasteiger partial charge in [0, 0.05) is 38.1 Å². The van der Waals surface area contributed by atoms with E-state index in [1.807, 2.05) is 17.9 Å². The molecule has 0 aliphatic carbocycles. The van der Waals surface area contributed by atoms with Crippen molar-refractivity contribution in [2.45, 2.75) is 25.8 Å². The van der Waals surface area contributed by atoms with E-state index in [-0.39, 0.29) is 23.2 Å². The molecule has 1 atom stereocenters. The zero-order valence-electron chi connectivity index (χ0n) is 18.5. The number of carbonyl (C=O) groups is 1. The number of benzene rings is 2. The summed E-state index contributed by atoms with van der Waals surface area (Å²) in [5.74, 6) is -0.310. The van der Waals surface area contributed by atoms with Gasteiger partial charge in [-0.25, -0.2) is 9.18 Å². The third kappa shape index (κ3) is 3.84. The van der Waals surface area contributed by atoms with Crippen molar-refractivity contribution in [3.8, 4) is 5.75 Å². The molecule has 0 radical (unpaired) electrons. The Morgan fingerprint density at radius 3 is 2.61 bits per heavy atom. The molecule has 1 amide bonds. The van der Waals surface area contributed by atoms with Crippen molar-refractivity contribution in [1.82, 2.24) is 4.90 Å². The largest absolute Gasteiger partial charge is 0.508 e. The smallest absolute Gasteiger partial charge is 0.360 e. The molecule has 2 aliphatic rings. The predicted octanol–water partition coefficient (Wildman–Crippen LogP) is 3.13. The lowest BCUT2D eigenvalue weighted by Gasteiger charge is -2.40. The predicted molar refractivity (Wildman–Crippen MR) is 124 cm³/mol. The van der Waals surface area contributed by atoms with Gasteiger partial charge in [0.15, 0.2) is 0 Å². The molecule has 0 bridgehead atoms. The summed E-state index contributed by atoms with van der Waals surface area (Å²) in [5, 5.41) is 10.6. The molecule has 3 aromatic rings. The summed E-state index contributed by atoms with van der Waals surface area (Å²) >= 11 is 0. The number of piperazine rings is 1. The molecule has 1 aromatic heterocycles. The first kappa shape index (κ1) is 21.5. The zero-order valence-corrected chi connectivity index (χ0v) is 18.5. The molecule has 0 spiro atoms. The number of carbonyl (C=O) groups excluding carboxylic acids is 1. The maximum Gasteiger partial charge on any atom is 0.360 e. The summed E-state index contributed by atoms with van der Waals surface area (Å²) in [6.45, 7) is 4.75. The van der Waals surface area contributed by atoms with Crippen LogP contribution < -0.4 is 15.4 Å². The Bertz CT molecular complexity index is 1270. The molecule has 2 aromatic carbocycles. The van der Waals surface area contributed by atoms with Gasteiger partial charge in [0.2, 0.25) is 5.91 Å². The highest BCUT2D eigenvalue weighted by Gasteiger charge is 2.34. The Labute approximate surface area is 190 Å². The summed E-state index contributed by atoms with van der Waals surface area (Å²) in [7, 11) is 0. The second-order valence-electron chi connectivity index (χ2n) is 8.64. The van der Waals surface area contributed by atoms with Crippen molar-refractivity contribution in [3.63, 3.8) is 0 Å². The summed E-state index contributed by atoms with van der Waals surface area (Å²) < 4.78 is 19.6. The van der Waals surface area contributed by atoms with Gasteiger partial charge < -0.3 is 19.3 Å². The van der Waals surface area contributed by atoms with E-state index < -0.39 is 11.7 Å². The van der Waals surface area contributed by atoms with Crippen molar-refractivity contribution in [3.05, 3.63) is 64.3 Å². The Morgan fingerprint density at radius 2 is 1.85 bits per heavy atom. The fourth-order valence-electron chi connectivity index (χ4n) is 4.95. The average Bonchev–Trinajstić information content (AvgIpc) is 2.84. The molecule has 1 fully saturated rings. The molecule has 172 valence electrons. The van der Waals surface area contributed by atoms with Crippen LogP contribution in [0, 0.1) is 5.82 Å². The van der Waals surface area contributed by atoms with E-state index in [2.05, 4.69) is 4.90 Å². The normalized spacial score (nSPS) is 17.8. The summed E-state index contributed by atoms with van der Waals surface area (Å²) in [4.78, 5) is 31.9. The van der Waals surface area contributed by atoms with Crippen molar-refractivity contribution in [1.29, 1.82) is 0 Å². The zero-order chi connectivity index (χ0) is 23.1. The summed E-state index contributed by atoms with van der Waals surface area (Å²) in [6, 6.07) is 10.9. The average molecular weight is 451 g/mol. The number of rotatable bonds is 3. The minimum atomic E-state index is -0.534. The van der Waals surface area contributed by atoms with Gasteiger partial charge in [-0.15, -0.1) is 0 Å². The maximum absolute atomic E-state index is 14.1. The van der Waals surface area contributed by atoms with E-state index in [9.17, 15) is 19.1 Å². The van der Waals surface area contributed by atoms with Gasteiger partial charge in [-0.1, -0.05) is 12.1 Å². The van der Waals surface area contributed by atoms with Crippen LogP contribution in [0.25, 0.3) is 11.0 Å². The fourth-order valence-corrected chi connectivity index (χ4v) is 4.95. The quantitative estimate of drug-likeness (QED) is 0.617. The van der Waals surface area contributed by atoms with Crippen LogP contribution in [0.15, 0.2) is 51.7 Å². The fraction of sp³-hybridized carbons (Fsp3) is 0.360. The third-order valence-electron chi connectivity index (χ3n) is 6.73. The van der Waals surface area contributed by atoms with Crippen LogP contribution in [0.4, 0.5) is 15.8 Å². The Morgan fingerprint density at radius 1 is 1.09 bits per heavy atom. The van der Waals surface area contributed by atoms with Crippen molar-refractivity contribution in [2.75, 3.05) is 42.5 Å². The van der Waals surface area contributed by atoms with Gasteiger partial charge in [-0.2, -0.15) is 0 Å². The lowest BCUT2D eigenvalue weighted by Crippen LogP contribution is -2.56. The molecule has 5 rings (SSSR count). The molecule has 8 heteroatoms. The second kappa shape index (κ2) is 8.51. The minimum absolute atomic E-state index is 0.0862. The number of nitrogens with zero attached hydrogens (tertiary/aromatic N) is 3. The number of hydrogen-bond acceptors (Lipinski definition) is 6. The Hall–Kier alpha value is -3.39. The number of hydrogen-bond donors (Lipinski definition) is 1. The molecule has 0 unspecified atom stereocenters. The van der Waals surface area contributed by atoms with Gasteiger partial charge in [-0.3, -0.25) is 9.69 Å². The minimum Gasteiger partial charge on any atom is -0.508 e. The monoisotopic (exact) mass is 451 g/mol. The Kier molecular flexibility index (Phi) is 5.54. The van der Waals surface area contributed by atoms with Gasteiger partial charge in [0.25, 0.3) is 0 Å². The molecule has 1 N–H and O–H groups in total. The number of aryl methyl sites for hydroxylation is 1. The number of phenolic OH excluding ortho intramolecular Hbond substituents is 1. The highest BCUT2D eigenvalue weighted by molar-refractivity contribution is 6.00. The lowest BCUT2D eigenvalue weighted by molar-refractivity contribution is -0.123. The SMILES string of the molecule is C[C@@H](C(=O)N1CCCc2c1c(=O)oc1ccc(O)cc21)N1CCN(c2ccccc2F)CC1. The van der Waals surface area contributed by atoms with Crippen LogP contribution >= 0.6 is 0 Å². The summed E-state index contributed by atoms with van der Waals surface area (Å²) in [5.41, 5.74) is 1.47. The lowest BCUT2D eigenvalue weighted by atomic mass is 9.98. The molecule has 3 heterocycles. The molecule has 7 nitrogen and oxygen atoms in total. The van der Waals surface area contributed by atoms with Crippen LogP contribution in [0.2, 0.25) is 0 Å². The second-order valence-corrected chi connectivity index (χ2v) is 8.64. The van der Waals surface area contributed by atoms with Gasteiger partial charge in [-0.05, 0) is 55.7 Å². The van der Waals surface area contributed by atoms with Crippen LogP contribution in [0.5, 0.6) is 5.75 Å². The molecular formula is C25H26FN3O4. The molecule has 2 aliphatic heterocycles. The number of amides is 1. The van der Waals surface area contributed by atoms with E-state index in [0.717, 1.165) is 12.0 Å². The van der Waals surface area contributed by atoms with E-state index >= 15 is 0 Å². The number of phenols is 1. The number of anilines is 2. The third-order valence-corrected chi connectivity index (χ3v) is 6.73. The van der Waals surface area contributed by atoms with Gasteiger partial charge >= 0.3 is 5.63 Å². The van der Waals surface area contributed by atoms with Gasteiger partial charge in [0.05, 0.1) is 11.7 Å². The standard InChI is InChI=1S/C25H26FN3O4/c1-16(27-11-13-28(14-12-27)21-7-3-2-6-20(21)26)24(31)29-10-4-5-18-19-15-17(30)8-9-22(19)33-25(32)23(18)29/h2-3,6-9,15-16,30H,4-5,10-14H2,1H3/t16-/m0/s1. The number of aromatic hydroxyl groups is 1. The molecule has 0 saturated carbocycles. The van der Waals surface area contributed by atoms with Crippen LogP contribution in [-0.4, -0.2) is 54.7 Å². The van der Waals surface area contributed by atoms with E-state index in [0.29, 0.717) is 55.8 Å². The summed E-state index contributed by atoms with van der Waals surface area (Å²) in [6.07, 6.45) is 1.36. The van der Waals surface area contributed by atoms with Crippen molar-refractivity contribution >= 4 is 28.3 Å². The van der Waals surface area contributed by atoms with Gasteiger partial charge in [0.1, 0.15) is 22.8 Å². The van der Waals surface area contributed by atoms with E-state index in [1.165, 1.54) is 12.1 Å². The first-order valence-corrected chi connectivity index (χ1v) is 11.3. The molecule has 1 saturated heterocycles. The maximum atomic E-state index is 14.1. The topological polar surface area (TPSA) is 77.2 Å². The Balaban J connectivity index is 1.37. The number of fused-ring (bicyclic) bond motifs is 3. The molecule has 33 heavy (non-hydrogen) atoms. The van der Waals surface area contributed by atoms with Crippen molar-refractivity contribution < 1.29 is 18.7 Å². The first-order chi connectivity index (χ1) is 15.9. The van der Waals surface area contributed by atoms with E-state index in [4.69, 9.17) is 4.42 Å². The van der Waals surface area contributed by atoms with E-state index in [1.54, 1.807) is 29.2 Å². The highest BCUT2D eigenvalue weighted by atomic mass is 19.1.